The van der Waals surface area contributed by atoms with Gasteiger partial charge in [-0.05, 0) is 31.1 Å². The van der Waals surface area contributed by atoms with Crippen LogP contribution in [0, 0.1) is 0 Å². The number of aliphatic imine (C=N–C) groups is 1. The third kappa shape index (κ3) is 3.04. The van der Waals surface area contributed by atoms with Crippen LogP contribution in [0.2, 0.25) is 0 Å². The summed E-state index contributed by atoms with van der Waals surface area (Å²) in [7, 11) is 0. The molecule has 0 bridgehead atoms. The van der Waals surface area contributed by atoms with Crippen molar-refractivity contribution in [3.8, 4) is 0 Å². The highest BCUT2D eigenvalue weighted by molar-refractivity contribution is 8.16. The standard InChI is InChI=1S/C16H20N4OS2/c21-14(10-12-11-23-16-18-5-3-8-19(12)16)20-7-2-1-4-13(20)15-17-6-9-22-15/h6,9,11,13H,1-5,7-8,10H2/t13-/m0/s1. The van der Waals surface area contributed by atoms with Crippen molar-refractivity contribution >= 4 is 34.2 Å². The fraction of sp³-hybridized carbons (Fsp3) is 0.562. The molecular formula is C16H20N4OS2. The molecule has 1 aromatic heterocycles. The fourth-order valence-corrected chi connectivity index (χ4v) is 5.15. The van der Waals surface area contributed by atoms with E-state index in [-0.39, 0.29) is 11.9 Å². The average Bonchev–Trinajstić information content (AvgIpc) is 3.25. The van der Waals surface area contributed by atoms with Gasteiger partial charge in [-0.1, -0.05) is 11.8 Å². The Hall–Kier alpha value is -1.34. The van der Waals surface area contributed by atoms with Crippen molar-refractivity contribution in [1.29, 1.82) is 0 Å². The second-order valence-corrected chi connectivity index (χ2v) is 7.81. The van der Waals surface area contributed by atoms with E-state index in [0.717, 1.165) is 54.8 Å². The molecule has 122 valence electrons. The van der Waals surface area contributed by atoms with E-state index in [4.69, 9.17) is 0 Å². The Balaban J connectivity index is 1.47. The molecule has 23 heavy (non-hydrogen) atoms. The number of hydrogen-bond acceptors (Lipinski definition) is 6. The molecule has 0 unspecified atom stereocenters. The summed E-state index contributed by atoms with van der Waals surface area (Å²) >= 11 is 3.31. The van der Waals surface area contributed by atoms with Crippen molar-refractivity contribution in [1.82, 2.24) is 14.8 Å². The minimum Gasteiger partial charge on any atom is -0.333 e. The lowest BCUT2D eigenvalue weighted by atomic mass is 10.0. The summed E-state index contributed by atoms with van der Waals surface area (Å²) in [6, 6.07) is 0.167. The van der Waals surface area contributed by atoms with Crippen LogP contribution in [0.15, 0.2) is 27.7 Å². The second kappa shape index (κ2) is 6.65. The van der Waals surface area contributed by atoms with Crippen LogP contribution in [0.5, 0.6) is 0 Å². The van der Waals surface area contributed by atoms with Crippen LogP contribution >= 0.6 is 23.1 Å². The first-order valence-corrected chi connectivity index (χ1v) is 9.95. The number of fused-ring (bicyclic) bond motifs is 1. The van der Waals surface area contributed by atoms with E-state index in [1.165, 1.54) is 6.42 Å². The average molecular weight is 348 g/mol. The Morgan fingerprint density at radius 2 is 2.26 bits per heavy atom. The molecule has 0 aliphatic carbocycles. The molecule has 1 fully saturated rings. The summed E-state index contributed by atoms with van der Waals surface area (Å²) in [5.74, 6) is 0.226. The van der Waals surface area contributed by atoms with Crippen molar-refractivity contribution in [3.63, 3.8) is 0 Å². The molecule has 0 saturated carbocycles. The van der Waals surface area contributed by atoms with Gasteiger partial charge in [0.2, 0.25) is 5.91 Å². The third-order valence-corrected chi connectivity index (χ3v) is 6.38. The number of likely N-dealkylation sites (tertiary alicyclic amines) is 1. The molecular weight excluding hydrogens is 328 g/mol. The summed E-state index contributed by atoms with van der Waals surface area (Å²) in [5.41, 5.74) is 1.11. The van der Waals surface area contributed by atoms with Crippen LogP contribution in [0.25, 0.3) is 0 Å². The van der Waals surface area contributed by atoms with Crippen LogP contribution in [0.3, 0.4) is 0 Å². The highest BCUT2D eigenvalue weighted by atomic mass is 32.2. The lowest BCUT2D eigenvalue weighted by molar-refractivity contribution is -0.134. The van der Waals surface area contributed by atoms with Crippen LogP contribution in [-0.2, 0) is 4.79 Å². The number of thioether (sulfide) groups is 1. The summed E-state index contributed by atoms with van der Waals surface area (Å²) in [5, 5.41) is 6.24. The number of amides is 1. The van der Waals surface area contributed by atoms with Crippen molar-refractivity contribution in [2.24, 2.45) is 4.99 Å². The highest BCUT2D eigenvalue weighted by Crippen LogP contribution is 2.35. The van der Waals surface area contributed by atoms with E-state index in [9.17, 15) is 4.79 Å². The smallest absolute Gasteiger partial charge is 0.229 e. The van der Waals surface area contributed by atoms with E-state index in [2.05, 4.69) is 20.3 Å². The topological polar surface area (TPSA) is 48.8 Å². The van der Waals surface area contributed by atoms with E-state index in [1.54, 1.807) is 23.1 Å². The van der Waals surface area contributed by atoms with Crippen LogP contribution in [0.4, 0.5) is 0 Å². The zero-order valence-electron chi connectivity index (χ0n) is 13.0. The quantitative estimate of drug-likeness (QED) is 0.841. The largest absolute Gasteiger partial charge is 0.333 e. The van der Waals surface area contributed by atoms with Crippen molar-refractivity contribution < 1.29 is 4.79 Å². The number of carbonyl (C=O) groups is 1. The van der Waals surface area contributed by atoms with Crippen LogP contribution < -0.4 is 0 Å². The first-order chi connectivity index (χ1) is 11.3. The summed E-state index contributed by atoms with van der Waals surface area (Å²) in [6.45, 7) is 2.75. The van der Waals surface area contributed by atoms with Crippen LogP contribution in [-0.4, -0.2) is 45.5 Å². The molecule has 3 aliphatic rings. The molecule has 4 heterocycles. The number of piperidine rings is 1. The Morgan fingerprint density at radius 3 is 3.13 bits per heavy atom. The van der Waals surface area contributed by atoms with Gasteiger partial charge in [0.05, 0.1) is 12.5 Å². The minimum absolute atomic E-state index is 0.167. The number of amidine groups is 1. The predicted octanol–water partition coefficient (Wildman–Crippen LogP) is 3.24. The van der Waals surface area contributed by atoms with Gasteiger partial charge < -0.3 is 9.80 Å². The monoisotopic (exact) mass is 348 g/mol. The van der Waals surface area contributed by atoms with Crippen LogP contribution in [0.1, 0.15) is 43.2 Å². The summed E-state index contributed by atoms with van der Waals surface area (Å²) in [4.78, 5) is 26.2. The molecule has 1 aromatic rings. The van der Waals surface area contributed by atoms with E-state index in [0.29, 0.717) is 6.42 Å². The molecule has 5 nitrogen and oxygen atoms in total. The van der Waals surface area contributed by atoms with Gasteiger partial charge in [-0.3, -0.25) is 9.79 Å². The molecule has 7 heteroatoms. The van der Waals surface area contributed by atoms with Gasteiger partial charge >= 0.3 is 0 Å². The van der Waals surface area contributed by atoms with Crippen molar-refractivity contribution in [2.45, 2.75) is 38.1 Å². The van der Waals surface area contributed by atoms with Gasteiger partial charge in [0, 0.05) is 36.9 Å². The van der Waals surface area contributed by atoms with Gasteiger partial charge in [-0.2, -0.15) is 0 Å². The van der Waals surface area contributed by atoms with Gasteiger partial charge in [-0.15, -0.1) is 11.3 Å². The normalized spacial score (nSPS) is 24.3. The maximum absolute atomic E-state index is 12.9. The lowest BCUT2D eigenvalue weighted by Gasteiger charge is -2.35. The van der Waals surface area contributed by atoms with E-state index >= 15 is 0 Å². The molecule has 1 amide bonds. The zero-order chi connectivity index (χ0) is 15.6. The molecule has 1 atom stereocenters. The molecule has 1 saturated heterocycles. The third-order valence-electron chi connectivity index (χ3n) is 4.56. The molecule has 4 rings (SSSR count). The van der Waals surface area contributed by atoms with E-state index < -0.39 is 0 Å². The minimum atomic E-state index is 0.167. The summed E-state index contributed by atoms with van der Waals surface area (Å²) in [6.07, 6.45) is 6.69. The lowest BCUT2D eigenvalue weighted by Crippen LogP contribution is -2.40. The number of rotatable bonds is 3. The Kier molecular flexibility index (Phi) is 4.39. The zero-order valence-corrected chi connectivity index (χ0v) is 14.6. The van der Waals surface area contributed by atoms with Gasteiger partial charge in [0.1, 0.15) is 5.01 Å². The molecule has 0 radical (unpaired) electrons. The maximum Gasteiger partial charge on any atom is 0.229 e. The Morgan fingerprint density at radius 1 is 1.30 bits per heavy atom. The number of nitrogens with zero attached hydrogens (tertiary/aromatic N) is 4. The molecule has 0 N–H and O–H groups in total. The predicted molar refractivity (Wildman–Crippen MR) is 94.3 cm³/mol. The van der Waals surface area contributed by atoms with Crippen molar-refractivity contribution in [2.75, 3.05) is 19.6 Å². The SMILES string of the molecule is O=C(CC1=CSC2=NCCCN12)N1CCCC[C@H]1c1nccs1. The van der Waals surface area contributed by atoms with Gasteiger partial charge in [0.15, 0.2) is 5.17 Å². The summed E-state index contributed by atoms with van der Waals surface area (Å²) < 4.78 is 0. The maximum atomic E-state index is 12.9. The Bertz CT molecular complexity index is 641. The number of hydrogen-bond donors (Lipinski definition) is 0. The number of aromatic nitrogens is 1. The Labute approximate surface area is 144 Å². The molecule has 0 aromatic carbocycles. The van der Waals surface area contributed by atoms with Gasteiger partial charge in [-0.25, -0.2) is 4.98 Å². The first kappa shape index (κ1) is 15.2. The molecule has 3 aliphatic heterocycles. The number of thiazole rings is 1. The fourth-order valence-electron chi connectivity index (χ4n) is 3.42. The number of carbonyl (C=O) groups excluding carboxylic acids is 1. The van der Waals surface area contributed by atoms with Gasteiger partial charge in [0.25, 0.3) is 0 Å². The molecule has 0 spiro atoms. The van der Waals surface area contributed by atoms with E-state index in [1.807, 2.05) is 16.5 Å². The van der Waals surface area contributed by atoms with Crippen molar-refractivity contribution in [3.05, 3.63) is 27.7 Å². The highest BCUT2D eigenvalue weighted by Gasteiger charge is 2.32. The second-order valence-electron chi connectivity index (χ2n) is 6.04. The first-order valence-electron chi connectivity index (χ1n) is 8.19.